The molecule has 4 rings (SSSR count). The predicted octanol–water partition coefficient (Wildman–Crippen LogP) is 3.65. The third-order valence-corrected chi connectivity index (χ3v) is 3.28. The molecular formula is C15H10N2. The molecule has 80 valence electrons. The summed E-state index contributed by atoms with van der Waals surface area (Å²) in [5.41, 5.74) is 6.72. The lowest BCUT2D eigenvalue weighted by Crippen LogP contribution is -2.18. The van der Waals surface area contributed by atoms with Crippen molar-refractivity contribution in [3.63, 3.8) is 0 Å². The maximum atomic E-state index is 4.74. The van der Waals surface area contributed by atoms with Gasteiger partial charge < -0.3 is 0 Å². The third-order valence-electron chi connectivity index (χ3n) is 3.28. The molecule has 2 nitrogen and oxygen atoms in total. The van der Waals surface area contributed by atoms with Crippen LogP contribution in [0.15, 0.2) is 58.5 Å². The fourth-order valence-electron chi connectivity index (χ4n) is 2.47. The van der Waals surface area contributed by atoms with Crippen molar-refractivity contribution >= 4 is 22.8 Å². The highest BCUT2D eigenvalue weighted by atomic mass is 14.9. The number of hydrogen-bond acceptors (Lipinski definition) is 2. The minimum Gasteiger partial charge on any atom is -0.252 e. The van der Waals surface area contributed by atoms with Gasteiger partial charge in [-0.05, 0) is 12.1 Å². The molecule has 0 saturated heterocycles. The van der Waals surface area contributed by atoms with E-state index in [1.54, 1.807) is 0 Å². The molecule has 0 amide bonds. The largest absolute Gasteiger partial charge is 0.252 e. The van der Waals surface area contributed by atoms with Crippen LogP contribution in [0.4, 0.5) is 11.4 Å². The van der Waals surface area contributed by atoms with Gasteiger partial charge in [0.25, 0.3) is 0 Å². The van der Waals surface area contributed by atoms with Crippen molar-refractivity contribution in [1.29, 1.82) is 0 Å². The van der Waals surface area contributed by atoms with E-state index in [9.17, 15) is 0 Å². The lowest BCUT2D eigenvalue weighted by atomic mass is 9.92. The number of rotatable bonds is 0. The maximum Gasteiger partial charge on any atom is 0.0724 e. The van der Waals surface area contributed by atoms with Gasteiger partial charge in [0.05, 0.1) is 22.8 Å². The van der Waals surface area contributed by atoms with Crippen LogP contribution in [0.25, 0.3) is 0 Å². The lowest BCUT2D eigenvalue weighted by molar-refractivity contribution is 1.29. The molecular weight excluding hydrogens is 208 g/mol. The van der Waals surface area contributed by atoms with Gasteiger partial charge in [-0.15, -0.1) is 0 Å². The molecule has 2 aliphatic heterocycles. The molecule has 0 aromatic heterocycles. The topological polar surface area (TPSA) is 24.7 Å². The summed E-state index contributed by atoms with van der Waals surface area (Å²) in [6.45, 7) is 0. The van der Waals surface area contributed by atoms with Crippen LogP contribution in [-0.4, -0.2) is 11.4 Å². The standard InChI is InChI=1S/C15H10N2/c1-3-7-12-10(5-1)14-9-15(16-12)11-6-2-4-8-13(11)17-14/h1-8H,9H2. The van der Waals surface area contributed by atoms with Crippen LogP contribution in [0.3, 0.4) is 0 Å². The van der Waals surface area contributed by atoms with Gasteiger partial charge in [0, 0.05) is 17.5 Å². The molecule has 2 heteroatoms. The average Bonchev–Trinajstić information content (AvgIpc) is 2.39. The molecule has 0 saturated carbocycles. The zero-order valence-electron chi connectivity index (χ0n) is 9.22. The molecule has 0 aliphatic carbocycles. The molecule has 0 radical (unpaired) electrons. The van der Waals surface area contributed by atoms with Crippen LogP contribution in [0, 0.1) is 0 Å². The molecule has 0 unspecified atom stereocenters. The van der Waals surface area contributed by atoms with Gasteiger partial charge in [0.15, 0.2) is 0 Å². The van der Waals surface area contributed by atoms with E-state index in [2.05, 4.69) is 24.3 Å². The number of fused-ring (bicyclic) bond motifs is 6. The number of hydrogen-bond donors (Lipinski definition) is 0. The molecule has 2 bridgehead atoms. The Kier molecular flexibility index (Phi) is 1.64. The summed E-state index contributed by atoms with van der Waals surface area (Å²) in [4.78, 5) is 9.49. The Hall–Kier alpha value is -2.22. The maximum absolute atomic E-state index is 4.74. The van der Waals surface area contributed by atoms with E-state index in [1.807, 2.05) is 24.3 Å². The summed E-state index contributed by atoms with van der Waals surface area (Å²) in [6.07, 6.45) is 0.855. The molecule has 0 fully saturated rings. The first kappa shape index (κ1) is 8.88. The monoisotopic (exact) mass is 218 g/mol. The van der Waals surface area contributed by atoms with Crippen LogP contribution >= 0.6 is 0 Å². The van der Waals surface area contributed by atoms with Crippen LogP contribution in [-0.2, 0) is 0 Å². The van der Waals surface area contributed by atoms with Gasteiger partial charge in [-0.1, -0.05) is 36.4 Å². The van der Waals surface area contributed by atoms with E-state index in [-0.39, 0.29) is 0 Å². The van der Waals surface area contributed by atoms with Crippen molar-refractivity contribution in [2.24, 2.45) is 9.98 Å². The van der Waals surface area contributed by atoms with Gasteiger partial charge in [0.2, 0.25) is 0 Å². The van der Waals surface area contributed by atoms with Crippen LogP contribution in [0.5, 0.6) is 0 Å². The Balaban J connectivity index is 2.06. The molecule has 2 aromatic rings. The Bertz CT molecular complexity index is 621. The first-order valence-electron chi connectivity index (χ1n) is 5.76. The van der Waals surface area contributed by atoms with Crippen molar-refractivity contribution in [3.8, 4) is 0 Å². The van der Waals surface area contributed by atoms with E-state index in [1.165, 1.54) is 11.1 Å². The molecule has 0 spiro atoms. The summed E-state index contributed by atoms with van der Waals surface area (Å²) < 4.78 is 0. The number of nitrogens with zero attached hydrogens (tertiary/aromatic N) is 2. The van der Waals surface area contributed by atoms with Gasteiger partial charge >= 0.3 is 0 Å². The van der Waals surface area contributed by atoms with Crippen molar-refractivity contribution in [1.82, 2.24) is 0 Å². The number of para-hydroxylation sites is 2. The number of aliphatic imine (C=N–C) groups is 2. The highest BCUT2D eigenvalue weighted by Gasteiger charge is 2.24. The average molecular weight is 218 g/mol. The number of benzene rings is 2. The fourth-order valence-corrected chi connectivity index (χ4v) is 2.47. The van der Waals surface area contributed by atoms with Crippen molar-refractivity contribution in [2.45, 2.75) is 6.42 Å². The second kappa shape index (κ2) is 3.14. The van der Waals surface area contributed by atoms with Gasteiger partial charge in [0.1, 0.15) is 0 Å². The quantitative estimate of drug-likeness (QED) is 0.645. The Labute approximate surface area is 99.4 Å². The molecule has 2 aromatic carbocycles. The SMILES string of the molecule is c1ccc2c(c1)N=C1CC2=Nc2ccccc21. The van der Waals surface area contributed by atoms with Crippen LogP contribution in [0.2, 0.25) is 0 Å². The van der Waals surface area contributed by atoms with Crippen LogP contribution < -0.4 is 0 Å². The highest BCUT2D eigenvalue weighted by Crippen LogP contribution is 2.35. The molecule has 0 N–H and O–H groups in total. The highest BCUT2D eigenvalue weighted by molar-refractivity contribution is 6.26. The molecule has 2 aliphatic rings. The normalized spacial score (nSPS) is 15.5. The van der Waals surface area contributed by atoms with Crippen molar-refractivity contribution in [3.05, 3.63) is 59.7 Å². The first-order valence-corrected chi connectivity index (χ1v) is 5.76. The van der Waals surface area contributed by atoms with Gasteiger partial charge in [-0.2, -0.15) is 0 Å². The summed E-state index contributed by atoms with van der Waals surface area (Å²) in [6, 6.07) is 16.4. The predicted molar refractivity (Wildman–Crippen MR) is 69.9 cm³/mol. The molecule has 2 heterocycles. The van der Waals surface area contributed by atoms with E-state index in [0.29, 0.717) is 0 Å². The Morgan fingerprint density at radius 3 is 1.65 bits per heavy atom. The minimum absolute atomic E-state index is 0.855. The summed E-state index contributed by atoms with van der Waals surface area (Å²) in [7, 11) is 0. The smallest absolute Gasteiger partial charge is 0.0724 e. The van der Waals surface area contributed by atoms with Gasteiger partial charge in [-0.3, -0.25) is 9.98 Å². The van der Waals surface area contributed by atoms with Crippen molar-refractivity contribution < 1.29 is 0 Å². The van der Waals surface area contributed by atoms with E-state index >= 15 is 0 Å². The molecule has 17 heavy (non-hydrogen) atoms. The molecule has 0 atom stereocenters. The summed E-state index contributed by atoms with van der Waals surface area (Å²) >= 11 is 0. The van der Waals surface area contributed by atoms with E-state index in [0.717, 1.165) is 29.2 Å². The second-order valence-electron chi connectivity index (χ2n) is 4.33. The minimum atomic E-state index is 0.855. The lowest BCUT2D eigenvalue weighted by Gasteiger charge is -2.23. The van der Waals surface area contributed by atoms with E-state index in [4.69, 9.17) is 9.98 Å². The fraction of sp³-hybridized carbons (Fsp3) is 0.0667. The van der Waals surface area contributed by atoms with Gasteiger partial charge in [-0.25, -0.2) is 0 Å². The summed E-state index contributed by atoms with van der Waals surface area (Å²) in [5, 5.41) is 0. The summed E-state index contributed by atoms with van der Waals surface area (Å²) in [5.74, 6) is 0. The first-order chi connectivity index (χ1) is 8.42. The van der Waals surface area contributed by atoms with Crippen molar-refractivity contribution in [2.75, 3.05) is 0 Å². The Morgan fingerprint density at radius 1 is 0.647 bits per heavy atom. The zero-order valence-corrected chi connectivity index (χ0v) is 9.22. The third kappa shape index (κ3) is 1.21. The zero-order chi connectivity index (χ0) is 11.2. The van der Waals surface area contributed by atoms with Crippen LogP contribution in [0.1, 0.15) is 17.5 Å². The second-order valence-corrected chi connectivity index (χ2v) is 4.33. The Morgan fingerprint density at radius 2 is 1.12 bits per heavy atom. The van der Waals surface area contributed by atoms with E-state index < -0.39 is 0 Å².